The zero-order valence-electron chi connectivity index (χ0n) is 2.62. The summed E-state index contributed by atoms with van der Waals surface area (Å²) in [7, 11) is 0. The van der Waals surface area contributed by atoms with E-state index in [1.54, 1.807) is 0 Å². The molecule has 0 radical (unpaired) electrons. The first-order chi connectivity index (χ1) is 1.73. The Balaban J connectivity index is -0.0000000450. The zero-order valence-corrected chi connectivity index (χ0v) is 5.89. The molecule has 2 N–H and O–H groups in total. The van der Waals surface area contributed by atoms with Crippen LogP contribution in [0.15, 0.2) is 0 Å². The molecule has 0 unspecified atom stereocenters. The smallest absolute Gasteiger partial charge is 0.870 e. The van der Waals surface area contributed by atoms with Crippen LogP contribution in [-0.2, 0) is 29.6 Å². The summed E-state index contributed by atoms with van der Waals surface area (Å²) >= 11 is 0.553. The minimum absolute atomic E-state index is 0. The molecule has 0 spiro atoms. The van der Waals surface area contributed by atoms with Crippen molar-refractivity contribution in [3.63, 3.8) is 0 Å². The fourth-order valence-electron chi connectivity index (χ4n) is 0. The van der Waals surface area contributed by atoms with E-state index in [1.807, 2.05) is 0 Å². The predicted octanol–water partition coefficient (Wildman–Crippen LogP) is -1.03. The molecule has 4 nitrogen and oxygen atoms in total. The van der Waals surface area contributed by atoms with Crippen LogP contribution in [0.25, 0.3) is 0 Å². The van der Waals surface area contributed by atoms with Gasteiger partial charge in [-0.1, -0.05) is 0 Å². The Kier molecular flexibility index (Phi) is 24.3. The quantitative estimate of drug-likeness (QED) is 0.487. The largest absolute Gasteiger partial charge is 0.870 e. The van der Waals surface area contributed by atoms with Gasteiger partial charge < -0.3 is 11.0 Å². The zero-order chi connectivity index (χ0) is 3.58. The maximum absolute atomic E-state index is 9.04. The second-order valence-corrected chi connectivity index (χ2v) is 3.16. The van der Waals surface area contributed by atoms with Crippen LogP contribution in [0.4, 0.5) is 0 Å². The van der Waals surface area contributed by atoms with Crippen molar-refractivity contribution in [3.8, 4) is 0 Å². The molecule has 0 saturated heterocycles. The Morgan fingerprint density at radius 2 is 1.17 bits per heavy atom. The van der Waals surface area contributed by atoms with Gasteiger partial charge in [0.15, 0.2) is 0 Å². The van der Waals surface area contributed by atoms with Crippen LogP contribution in [-0.4, -0.2) is 19.4 Å². The minimum Gasteiger partial charge on any atom is -0.870 e. The topological polar surface area (TPSA) is 94.1 Å². The summed E-state index contributed by atoms with van der Waals surface area (Å²) in [5.41, 5.74) is 0. The molecule has 0 aromatic heterocycles. The van der Waals surface area contributed by atoms with Gasteiger partial charge in [0.25, 0.3) is 0 Å². The second-order valence-electron chi connectivity index (χ2n) is 0.235. The summed E-state index contributed by atoms with van der Waals surface area (Å²) < 4.78 is 18.1. The average molecular weight is 189 g/mol. The molecule has 0 saturated carbocycles. The summed E-state index contributed by atoms with van der Waals surface area (Å²) in [6.07, 6.45) is 0. The number of hydrogen-bond donors (Lipinski definition) is 0. The van der Waals surface area contributed by atoms with Crippen molar-refractivity contribution in [1.82, 2.24) is 0 Å². The molecule has 0 bridgehead atoms. The average Bonchev–Trinajstić information content (AvgIpc) is 0.811. The van der Waals surface area contributed by atoms with Crippen LogP contribution in [0.1, 0.15) is 0 Å². The third-order valence-electron chi connectivity index (χ3n) is 0. The molecule has 0 heterocycles. The summed E-state index contributed by atoms with van der Waals surface area (Å²) in [6, 6.07) is 0. The van der Waals surface area contributed by atoms with Gasteiger partial charge in [-0.05, 0) is 0 Å². The molecule has 0 aliphatic rings. The molecule has 0 amide bonds. The van der Waals surface area contributed by atoms with Gasteiger partial charge in [0.2, 0.25) is 0 Å². The van der Waals surface area contributed by atoms with E-state index in [9.17, 15) is 0 Å². The predicted molar refractivity (Wildman–Crippen MR) is 12.8 cm³/mol. The molecule has 0 aromatic carbocycles. The molecular weight excluding hydrogens is 187 g/mol. The molecule has 6 heteroatoms. The molecular formula is H2O4SZr-2. The van der Waals surface area contributed by atoms with Crippen LogP contribution >= 0.6 is 0 Å². The van der Waals surface area contributed by atoms with Gasteiger partial charge >= 0.3 is 38.0 Å². The van der Waals surface area contributed by atoms with Gasteiger partial charge in [0.1, 0.15) is 0 Å². The summed E-state index contributed by atoms with van der Waals surface area (Å²) in [4.78, 5) is 0. The van der Waals surface area contributed by atoms with E-state index in [2.05, 4.69) is 0 Å². The van der Waals surface area contributed by atoms with E-state index in [0.717, 1.165) is 0 Å². The van der Waals surface area contributed by atoms with Crippen molar-refractivity contribution in [3.05, 3.63) is 0 Å². The molecule has 0 atom stereocenters. The van der Waals surface area contributed by atoms with Crippen molar-refractivity contribution >= 4 is 6.93 Å². The number of hydrogen-bond acceptors (Lipinski definition) is 4. The van der Waals surface area contributed by atoms with Crippen molar-refractivity contribution < 1.29 is 42.1 Å². The first-order valence-corrected chi connectivity index (χ1v) is 4.62. The Hall–Kier alpha value is 0.623. The normalized spacial score (nSPS) is 3.83. The van der Waals surface area contributed by atoms with E-state index in [4.69, 9.17) is 8.42 Å². The van der Waals surface area contributed by atoms with Gasteiger partial charge in [-0.15, -0.1) is 0 Å². The molecule has 38 valence electrons. The summed E-state index contributed by atoms with van der Waals surface area (Å²) in [5, 5.41) is 0. The third kappa shape index (κ3) is 156. The van der Waals surface area contributed by atoms with E-state index >= 15 is 0 Å². The van der Waals surface area contributed by atoms with Gasteiger partial charge in [0.05, 0.1) is 0 Å². The molecule has 0 aliphatic heterocycles. The van der Waals surface area contributed by atoms with Gasteiger partial charge in [-0.3, -0.25) is 0 Å². The summed E-state index contributed by atoms with van der Waals surface area (Å²) in [6.45, 7) is -1.77. The van der Waals surface area contributed by atoms with Crippen LogP contribution in [0.5, 0.6) is 0 Å². The van der Waals surface area contributed by atoms with Gasteiger partial charge in [-0.2, -0.15) is 0 Å². The van der Waals surface area contributed by atoms with Crippen molar-refractivity contribution in [2.75, 3.05) is 0 Å². The second kappa shape index (κ2) is 9.16. The van der Waals surface area contributed by atoms with E-state index < -0.39 is 6.93 Å². The van der Waals surface area contributed by atoms with Crippen LogP contribution in [0.3, 0.4) is 0 Å². The number of rotatable bonds is 0. The Labute approximate surface area is 49.1 Å². The standard InChI is InChI=1S/O2S.2H2O.Zr/c1-3-2;;;/h;2*1H2;/p-2. The van der Waals surface area contributed by atoms with E-state index in [1.165, 1.54) is 0 Å². The molecule has 0 aromatic rings. The van der Waals surface area contributed by atoms with E-state index in [0.29, 0.717) is 22.7 Å². The first kappa shape index (κ1) is 16.0. The monoisotopic (exact) mass is 188 g/mol. The van der Waals surface area contributed by atoms with Crippen molar-refractivity contribution in [2.45, 2.75) is 0 Å². The Morgan fingerprint density at radius 1 is 1.17 bits per heavy atom. The first-order valence-electron chi connectivity index (χ1n) is 0.537. The van der Waals surface area contributed by atoms with Crippen molar-refractivity contribution in [1.29, 1.82) is 0 Å². The summed E-state index contributed by atoms with van der Waals surface area (Å²) in [5.74, 6) is 0. The Morgan fingerprint density at radius 3 is 1.17 bits per heavy atom. The SMILES string of the molecule is O=[S](=O)=[Zr].[OH-].[OH-]. The van der Waals surface area contributed by atoms with Crippen LogP contribution < -0.4 is 0 Å². The molecule has 6 heavy (non-hydrogen) atoms. The molecule has 0 fully saturated rings. The maximum atomic E-state index is 9.04. The third-order valence-corrected chi connectivity index (χ3v) is 0. The van der Waals surface area contributed by atoms with Gasteiger partial charge in [0, 0.05) is 0 Å². The minimum atomic E-state index is -1.77. The molecule has 0 rings (SSSR count). The van der Waals surface area contributed by atoms with Gasteiger partial charge in [-0.25, -0.2) is 0 Å². The van der Waals surface area contributed by atoms with Crippen molar-refractivity contribution in [2.24, 2.45) is 0 Å². The van der Waals surface area contributed by atoms with E-state index in [-0.39, 0.29) is 11.0 Å². The van der Waals surface area contributed by atoms with Crippen LogP contribution in [0, 0.1) is 0 Å². The molecule has 0 aliphatic carbocycles. The maximum Gasteiger partial charge on any atom is -0.870 e. The Bertz CT molecular complexity index is 76.9. The fourth-order valence-corrected chi connectivity index (χ4v) is 0. The van der Waals surface area contributed by atoms with Crippen LogP contribution in [0.2, 0.25) is 0 Å². The fraction of sp³-hybridized carbons (Fsp3) is 0.